The molecule has 3 N–H and O–H groups in total. The van der Waals surface area contributed by atoms with Crippen molar-refractivity contribution in [1.29, 1.82) is 0 Å². The molecule has 0 aromatic carbocycles. The lowest BCUT2D eigenvalue weighted by Crippen LogP contribution is -2.37. The first kappa shape index (κ1) is 8.18. The number of nitrogens with one attached hydrogen (secondary N) is 1. The van der Waals surface area contributed by atoms with Crippen LogP contribution in [0.1, 0.15) is 0 Å². The Morgan fingerprint density at radius 2 is 2.11 bits per heavy atom. The minimum Gasteiger partial charge on any atom is -0.273 e. The Kier molecular flexibility index (Phi) is 2.41. The molecular weight excluding hydrogens is 146 g/mol. The summed E-state index contributed by atoms with van der Waals surface area (Å²) in [5, 5.41) is 0. The van der Waals surface area contributed by atoms with Crippen molar-refractivity contribution in [2.45, 2.75) is 0 Å². The predicted molar refractivity (Wildman–Crippen MR) is 29.7 cm³/mol. The summed E-state index contributed by atoms with van der Waals surface area (Å²) >= 11 is 0. The molecule has 1 radical (unpaired) electrons. The zero-order chi connectivity index (χ0) is 7.49. The molecule has 0 heterocycles. The lowest BCUT2D eigenvalue weighted by molar-refractivity contribution is 0.245. The summed E-state index contributed by atoms with van der Waals surface area (Å²) in [6.07, 6.45) is 0.794. The van der Waals surface area contributed by atoms with Crippen LogP contribution in [0.4, 0.5) is 4.79 Å². The fourth-order valence-corrected chi connectivity index (χ4v) is 0.531. The third-order valence-corrected chi connectivity index (χ3v) is 0.870. The van der Waals surface area contributed by atoms with E-state index in [2.05, 4.69) is 10.6 Å². The highest BCUT2D eigenvalue weighted by atomic mass is 32.2. The van der Waals surface area contributed by atoms with Crippen LogP contribution in [-0.4, -0.2) is 20.7 Å². The Labute approximate surface area is 52.4 Å². The van der Waals surface area contributed by atoms with Gasteiger partial charge in [-0.3, -0.25) is 5.43 Å². The first-order valence-electron chi connectivity index (χ1n) is 1.89. The number of sulfonamides is 1. The second-order valence-electron chi connectivity index (χ2n) is 1.27. The maximum atomic E-state index is 10.1. The lowest BCUT2D eigenvalue weighted by atomic mass is 11.2. The van der Waals surface area contributed by atoms with Crippen molar-refractivity contribution in [3.05, 3.63) is 0 Å². The van der Waals surface area contributed by atoms with Gasteiger partial charge in [-0.15, -0.1) is 4.72 Å². The molecule has 0 atom stereocenters. The van der Waals surface area contributed by atoms with E-state index in [4.69, 9.17) is 0 Å². The van der Waals surface area contributed by atoms with Crippen LogP contribution in [0.25, 0.3) is 0 Å². The highest BCUT2D eigenvalue weighted by Crippen LogP contribution is 1.74. The molecule has 0 fully saturated rings. The maximum Gasteiger partial charge on any atom is 0.365 e. The van der Waals surface area contributed by atoms with Crippen LogP contribution in [0.2, 0.25) is 0 Å². The van der Waals surface area contributed by atoms with Crippen molar-refractivity contribution in [2.75, 3.05) is 6.26 Å². The quantitative estimate of drug-likeness (QED) is 0.261. The van der Waals surface area contributed by atoms with E-state index in [1.807, 2.05) is 0 Å². The van der Waals surface area contributed by atoms with Gasteiger partial charge in [-0.1, -0.05) is 0 Å². The molecule has 53 valence electrons. The maximum absolute atomic E-state index is 10.1. The molecule has 0 aliphatic carbocycles. The SMILES string of the molecule is CS(=O)(=O)[N]C(=O)NN. The fraction of sp³-hybridized carbons (Fsp3) is 0.500. The smallest absolute Gasteiger partial charge is 0.273 e. The first-order valence-corrected chi connectivity index (χ1v) is 3.74. The number of rotatable bonds is 1. The summed E-state index contributed by atoms with van der Waals surface area (Å²) in [4.78, 5) is 10.0. The molecule has 0 unspecified atom stereocenters. The number of carbonyl (C=O) groups is 1. The molecule has 0 aliphatic rings. The molecule has 9 heavy (non-hydrogen) atoms. The predicted octanol–water partition coefficient (Wildman–Crippen LogP) is -1.87. The Balaban J connectivity index is 3.91. The van der Waals surface area contributed by atoms with E-state index in [-0.39, 0.29) is 0 Å². The van der Waals surface area contributed by atoms with Crippen LogP contribution in [-0.2, 0) is 10.0 Å². The first-order chi connectivity index (χ1) is 3.95. The van der Waals surface area contributed by atoms with Gasteiger partial charge in [-0.05, 0) is 0 Å². The lowest BCUT2D eigenvalue weighted by Gasteiger charge is -1.93. The average molecular weight is 152 g/mol. The van der Waals surface area contributed by atoms with E-state index < -0.39 is 16.1 Å². The zero-order valence-corrected chi connectivity index (χ0v) is 5.47. The van der Waals surface area contributed by atoms with Gasteiger partial charge in [0.1, 0.15) is 0 Å². The second kappa shape index (κ2) is 2.65. The van der Waals surface area contributed by atoms with E-state index in [1.165, 1.54) is 5.43 Å². The van der Waals surface area contributed by atoms with Crippen molar-refractivity contribution in [1.82, 2.24) is 10.1 Å². The number of carbonyl (C=O) groups excluding carboxylic acids is 1. The molecule has 0 bridgehead atoms. The van der Waals surface area contributed by atoms with Gasteiger partial charge in [0.2, 0.25) is 0 Å². The van der Waals surface area contributed by atoms with E-state index in [9.17, 15) is 13.2 Å². The van der Waals surface area contributed by atoms with Gasteiger partial charge < -0.3 is 0 Å². The number of nitrogens with two attached hydrogens (primary N) is 1. The third-order valence-electron chi connectivity index (χ3n) is 0.372. The summed E-state index contributed by atoms with van der Waals surface area (Å²) in [6.45, 7) is 0. The number of hydrogen-bond donors (Lipinski definition) is 2. The number of nitrogens with zero attached hydrogens (tertiary/aromatic N) is 1. The Morgan fingerprint density at radius 1 is 1.67 bits per heavy atom. The molecule has 7 heteroatoms. The molecule has 0 saturated heterocycles. The van der Waals surface area contributed by atoms with Crippen molar-refractivity contribution < 1.29 is 13.2 Å². The molecule has 2 amide bonds. The van der Waals surface area contributed by atoms with Gasteiger partial charge in [-0.25, -0.2) is 19.1 Å². The van der Waals surface area contributed by atoms with E-state index in [1.54, 1.807) is 0 Å². The number of hydrazine groups is 1. The minimum absolute atomic E-state index is 0.794. The molecule has 0 spiro atoms. The Hall–Kier alpha value is -0.820. The molecule has 0 aliphatic heterocycles. The highest BCUT2D eigenvalue weighted by molar-refractivity contribution is 7.89. The van der Waals surface area contributed by atoms with Crippen LogP contribution in [0.15, 0.2) is 0 Å². The van der Waals surface area contributed by atoms with E-state index >= 15 is 0 Å². The summed E-state index contributed by atoms with van der Waals surface area (Å²) in [5.41, 5.74) is 1.54. The van der Waals surface area contributed by atoms with Gasteiger partial charge >= 0.3 is 6.03 Å². The topological polar surface area (TPSA) is 103 Å². The molecule has 0 aromatic rings. The Morgan fingerprint density at radius 3 is 2.22 bits per heavy atom. The van der Waals surface area contributed by atoms with Gasteiger partial charge in [0.15, 0.2) is 0 Å². The van der Waals surface area contributed by atoms with Gasteiger partial charge in [0, 0.05) is 0 Å². The summed E-state index contributed by atoms with van der Waals surface area (Å²) < 4.78 is 22.9. The largest absolute Gasteiger partial charge is 0.365 e. The molecule has 0 aromatic heterocycles. The standard InChI is InChI=1S/C2H6N3O3S/c1-9(7,8)5-2(6)4-3/h3H2,1H3,(H,4,6). The van der Waals surface area contributed by atoms with Gasteiger partial charge in [-0.2, -0.15) is 0 Å². The van der Waals surface area contributed by atoms with Crippen LogP contribution < -0.4 is 16.0 Å². The normalized spacial score (nSPS) is 10.4. The van der Waals surface area contributed by atoms with Gasteiger partial charge in [0.25, 0.3) is 10.0 Å². The minimum atomic E-state index is -3.60. The molecule has 6 nitrogen and oxygen atoms in total. The average Bonchev–Trinajstić information content (AvgIpc) is 1.62. The second-order valence-corrected chi connectivity index (χ2v) is 2.92. The van der Waals surface area contributed by atoms with Crippen LogP contribution in [0.3, 0.4) is 0 Å². The number of hydrogen-bond acceptors (Lipinski definition) is 4. The van der Waals surface area contributed by atoms with Crippen LogP contribution in [0.5, 0.6) is 0 Å². The summed E-state index contributed by atoms with van der Waals surface area (Å²) in [6, 6.07) is -1.07. The van der Waals surface area contributed by atoms with Crippen molar-refractivity contribution in [3.8, 4) is 0 Å². The van der Waals surface area contributed by atoms with Crippen molar-refractivity contribution >= 4 is 16.1 Å². The van der Waals surface area contributed by atoms with Crippen molar-refractivity contribution in [3.63, 3.8) is 0 Å². The summed E-state index contributed by atoms with van der Waals surface area (Å²) in [5.74, 6) is 4.52. The molecular formula is C2H6N3O3S. The number of urea groups is 1. The zero-order valence-electron chi connectivity index (χ0n) is 4.66. The molecule has 0 rings (SSSR count). The van der Waals surface area contributed by atoms with Crippen LogP contribution >= 0.6 is 0 Å². The Bertz CT molecular complexity index is 195. The molecule has 0 saturated carbocycles. The monoisotopic (exact) mass is 152 g/mol. The third kappa shape index (κ3) is 5.04. The summed E-state index contributed by atoms with van der Waals surface area (Å²) in [7, 11) is -3.60. The van der Waals surface area contributed by atoms with E-state index in [0.29, 0.717) is 0 Å². The fourth-order valence-electron chi connectivity index (χ4n) is 0.177. The van der Waals surface area contributed by atoms with Gasteiger partial charge in [0.05, 0.1) is 6.26 Å². The van der Waals surface area contributed by atoms with E-state index in [0.717, 1.165) is 6.26 Å². The number of amides is 2. The van der Waals surface area contributed by atoms with Crippen molar-refractivity contribution in [2.24, 2.45) is 5.84 Å². The van der Waals surface area contributed by atoms with Crippen LogP contribution in [0, 0.1) is 0 Å². The highest BCUT2D eigenvalue weighted by Gasteiger charge is 2.07.